The molecular formula is C10H17N3. The zero-order chi connectivity index (χ0) is 9.26. The van der Waals surface area contributed by atoms with Gasteiger partial charge in [-0.15, -0.1) is 0 Å². The molecule has 0 amide bonds. The van der Waals surface area contributed by atoms with Gasteiger partial charge in [0, 0.05) is 32.0 Å². The van der Waals surface area contributed by atoms with Gasteiger partial charge in [0.15, 0.2) is 0 Å². The van der Waals surface area contributed by atoms with E-state index in [-0.39, 0.29) is 0 Å². The van der Waals surface area contributed by atoms with E-state index in [2.05, 4.69) is 34.5 Å². The monoisotopic (exact) mass is 179 g/mol. The number of rotatable bonds is 2. The molecule has 1 aliphatic heterocycles. The van der Waals surface area contributed by atoms with Crippen molar-refractivity contribution < 1.29 is 0 Å². The Labute approximate surface area is 79.4 Å². The molecule has 72 valence electrons. The first kappa shape index (κ1) is 8.75. The lowest BCUT2D eigenvalue weighted by atomic mass is 10.2. The van der Waals surface area contributed by atoms with Crippen LogP contribution in [0.5, 0.6) is 0 Å². The molecule has 1 aromatic heterocycles. The van der Waals surface area contributed by atoms with Gasteiger partial charge in [0.05, 0.1) is 6.54 Å². The highest BCUT2D eigenvalue weighted by molar-refractivity contribution is 4.95. The molecule has 3 nitrogen and oxygen atoms in total. The molecule has 0 unspecified atom stereocenters. The molecule has 0 saturated heterocycles. The summed E-state index contributed by atoms with van der Waals surface area (Å²) >= 11 is 0. The minimum atomic E-state index is 0.751. The maximum atomic E-state index is 4.34. The Bertz CT molecular complexity index is 277. The van der Waals surface area contributed by atoms with Crippen LogP contribution >= 0.6 is 0 Å². The third kappa shape index (κ3) is 1.91. The fraction of sp³-hybridized carbons (Fsp3) is 0.700. The van der Waals surface area contributed by atoms with Crippen LogP contribution in [-0.2, 0) is 13.1 Å². The smallest absolute Gasteiger partial charge is 0.122 e. The summed E-state index contributed by atoms with van der Waals surface area (Å²) in [5, 5.41) is 0. The Hall–Kier alpha value is -0.830. The summed E-state index contributed by atoms with van der Waals surface area (Å²) in [5.41, 5.74) is 0. The van der Waals surface area contributed by atoms with Gasteiger partial charge in [-0.05, 0) is 5.92 Å². The van der Waals surface area contributed by atoms with Crippen molar-refractivity contribution in [3.05, 3.63) is 18.2 Å². The second-order valence-corrected chi connectivity index (χ2v) is 4.17. The van der Waals surface area contributed by atoms with Gasteiger partial charge < -0.3 is 4.57 Å². The van der Waals surface area contributed by atoms with E-state index < -0.39 is 0 Å². The Morgan fingerprint density at radius 3 is 3.08 bits per heavy atom. The number of hydrogen-bond donors (Lipinski definition) is 0. The van der Waals surface area contributed by atoms with E-state index in [1.54, 1.807) is 0 Å². The van der Waals surface area contributed by atoms with Gasteiger partial charge in [-0.3, -0.25) is 4.90 Å². The van der Waals surface area contributed by atoms with Gasteiger partial charge in [-0.1, -0.05) is 13.8 Å². The quantitative estimate of drug-likeness (QED) is 0.683. The topological polar surface area (TPSA) is 21.1 Å². The molecule has 0 N–H and O–H groups in total. The molecule has 0 aromatic carbocycles. The molecule has 0 radical (unpaired) electrons. The molecule has 0 atom stereocenters. The number of nitrogens with zero attached hydrogens (tertiary/aromatic N) is 3. The first-order valence-corrected chi connectivity index (χ1v) is 4.98. The first-order chi connectivity index (χ1) is 6.25. The van der Waals surface area contributed by atoms with E-state index in [9.17, 15) is 0 Å². The van der Waals surface area contributed by atoms with Crippen LogP contribution in [0.1, 0.15) is 19.7 Å². The predicted molar refractivity (Wildman–Crippen MR) is 52.3 cm³/mol. The summed E-state index contributed by atoms with van der Waals surface area (Å²) in [6.07, 6.45) is 3.97. The van der Waals surface area contributed by atoms with Crippen molar-refractivity contribution in [3.63, 3.8) is 0 Å². The van der Waals surface area contributed by atoms with Crippen LogP contribution in [0.3, 0.4) is 0 Å². The highest BCUT2D eigenvalue weighted by Crippen LogP contribution is 2.11. The molecule has 0 aliphatic carbocycles. The highest BCUT2D eigenvalue weighted by Gasteiger charge is 2.16. The van der Waals surface area contributed by atoms with Gasteiger partial charge >= 0.3 is 0 Å². The minimum absolute atomic E-state index is 0.751. The van der Waals surface area contributed by atoms with Crippen LogP contribution in [0.25, 0.3) is 0 Å². The van der Waals surface area contributed by atoms with Crippen LogP contribution in [0, 0.1) is 5.92 Å². The number of hydrogen-bond acceptors (Lipinski definition) is 2. The van der Waals surface area contributed by atoms with Crippen molar-refractivity contribution in [2.45, 2.75) is 26.9 Å². The molecule has 2 rings (SSSR count). The second kappa shape index (κ2) is 3.50. The molecule has 13 heavy (non-hydrogen) atoms. The summed E-state index contributed by atoms with van der Waals surface area (Å²) in [7, 11) is 0. The largest absolute Gasteiger partial charge is 0.333 e. The minimum Gasteiger partial charge on any atom is -0.333 e. The normalized spacial score (nSPS) is 17.8. The lowest BCUT2D eigenvalue weighted by Crippen LogP contribution is -2.35. The van der Waals surface area contributed by atoms with Gasteiger partial charge in [0.25, 0.3) is 0 Å². The third-order valence-corrected chi connectivity index (χ3v) is 2.45. The number of fused-ring (bicyclic) bond motifs is 1. The highest BCUT2D eigenvalue weighted by atomic mass is 15.2. The summed E-state index contributed by atoms with van der Waals surface area (Å²) in [5.74, 6) is 1.97. The molecule has 2 heterocycles. The van der Waals surface area contributed by atoms with Crippen LogP contribution < -0.4 is 0 Å². The SMILES string of the molecule is CC(C)CN1CCn2ccnc2C1. The lowest BCUT2D eigenvalue weighted by molar-refractivity contribution is 0.195. The maximum absolute atomic E-state index is 4.34. The van der Waals surface area contributed by atoms with Crippen molar-refractivity contribution >= 4 is 0 Å². The number of imidazole rings is 1. The number of aromatic nitrogens is 2. The molecule has 0 bridgehead atoms. The Morgan fingerprint density at radius 2 is 2.31 bits per heavy atom. The fourth-order valence-electron chi connectivity index (χ4n) is 1.90. The molecule has 1 aromatic rings. The molecule has 3 heteroatoms. The summed E-state index contributed by atoms with van der Waals surface area (Å²) in [4.78, 5) is 6.81. The van der Waals surface area contributed by atoms with Crippen molar-refractivity contribution in [1.82, 2.24) is 14.5 Å². The standard InChI is InChI=1S/C10H17N3/c1-9(2)7-12-5-6-13-4-3-11-10(13)8-12/h3-4,9H,5-8H2,1-2H3. The van der Waals surface area contributed by atoms with Gasteiger partial charge in [-0.25, -0.2) is 4.98 Å². The van der Waals surface area contributed by atoms with Crippen LogP contribution in [-0.4, -0.2) is 27.5 Å². The zero-order valence-corrected chi connectivity index (χ0v) is 8.40. The van der Waals surface area contributed by atoms with E-state index in [0.29, 0.717) is 0 Å². The van der Waals surface area contributed by atoms with Crippen LogP contribution in [0.15, 0.2) is 12.4 Å². The van der Waals surface area contributed by atoms with E-state index in [1.807, 2.05) is 6.20 Å². The van der Waals surface area contributed by atoms with Crippen molar-refractivity contribution in [1.29, 1.82) is 0 Å². The van der Waals surface area contributed by atoms with Crippen molar-refractivity contribution in [2.24, 2.45) is 5.92 Å². The molecule has 0 saturated carbocycles. The molecule has 1 aliphatic rings. The average molecular weight is 179 g/mol. The second-order valence-electron chi connectivity index (χ2n) is 4.17. The summed E-state index contributed by atoms with van der Waals surface area (Å²) in [6.45, 7) is 9.00. The Morgan fingerprint density at radius 1 is 1.46 bits per heavy atom. The molecule has 0 fully saturated rings. The van der Waals surface area contributed by atoms with E-state index >= 15 is 0 Å². The van der Waals surface area contributed by atoms with E-state index in [1.165, 1.54) is 18.9 Å². The van der Waals surface area contributed by atoms with Crippen LogP contribution in [0.2, 0.25) is 0 Å². The van der Waals surface area contributed by atoms with Crippen molar-refractivity contribution in [3.8, 4) is 0 Å². The molecular weight excluding hydrogens is 162 g/mol. The Kier molecular flexibility index (Phi) is 2.36. The summed E-state index contributed by atoms with van der Waals surface area (Å²) in [6, 6.07) is 0. The van der Waals surface area contributed by atoms with Gasteiger partial charge in [-0.2, -0.15) is 0 Å². The predicted octanol–water partition coefficient (Wildman–Crippen LogP) is 1.35. The zero-order valence-electron chi connectivity index (χ0n) is 8.40. The fourth-order valence-corrected chi connectivity index (χ4v) is 1.90. The average Bonchev–Trinajstić information content (AvgIpc) is 2.49. The lowest BCUT2D eigenvalue weighted by Gasteiger charge is -2.28. The molecule has 0 spiro atoms. The van der Waals surface area contributed by atoms with Gasteiger partial charge in [0.1, 0.15) is 5.82 Å². The summed E-state index contributed by atoms with van der Waals surface area (Å²) < 4.78 is 2.25. The first-order valence-electron chi connectivity index (χ1n) is 4.98. The van der Waals surface area contributed by atoms with Crippen LogP contribution in [0.4, 0.5) is 0 Å². The van der Waals surface area contributed by atoms with Crippen molar-refractivity contribution in [2.75, 3.05) is 13.1 Å². The van der Waals surface area contributed by atoms with E-state index in [4.69, 9.17) is 0 Å². The van der Waals surface area contributed by atoms with Gasteiger partial charge in [0.2, 0.25) is 0 Å². The third-order valence-electron chi connectivity index (χ3n) is 2.45. The van der Waals surface area contributed by atoms with E-state index in [0.717, 1.165) is 19.0 Å². The maximum Gasteiger partial charge on any atom is 0.122 e. The Balaban J connectivity index is 2.00.